The van der Waals surface area contributed by atoms with E-state index in [1.807, 2.05) is 31.4 Å². The van der Waals surface area contributed by atoms with Crippen LogP contribution in [0.25, 0.3) is 0 Å². The van der Waals surface area contributed by atoms with E-state index in [2.05, 4.69) is 37.0 Å². The molecule has 5 nitrogen and oxygen atoms in total. The summed E-state index contributed by atoms with van der Waals surface area (Å²) in [4.78, 5) is 3.12. The minimum atomic E-state index is 0.194. The molecule has 0 saturated heterocycles. The summed E-state index contributed by atoms with van der Waals surface area (Å²) in [5, 5.41) is 19.8. The van der Waals surface area contributed by atoms with Crippen molar-refractivity contribution in [1.82, 2.24) is 4.98 Å². The molecule has 1 aromatic rings. The predicted molar refractivity (Wildman–Crippen MR) is 85.2 cm³/mol. The summed E-state index contributed by atoms with van der Waals surface area (Å²) in [6, 6.07) is 3.73. The van der Waals surface area contributed by atoms with Crippen molar-refractivity contribution in [2.24, 2.45) is 14.6 Å². The Morgan fingerprint density at radius 2 is 1.90 bits per heavy atom. The minimum absolute atomic E-state index is 0.194. The molecule has 108 valence electrons. The van der Waals surface area contributed by atoms with Crippen LogP contribution in [0, 0.1) is 10.7 Å². The van der Waals surface area contributed by atoms with Crippen LogP contribution in [-0.4, -0.2) is 21.6 Å². The molecule has 0 unspecified atom stereocenters. The summed E-state index contributed by atoms with van der Waals surface area (Å²) >= 11 is 5.47. The van der Waals surface area contributed by atoms with Crippen LogP contribution in [0.4, 0.5) is 0 Å². The summed E-state index contributed by atoms with van der Waals surface area (Å²) in [5.41, 5.74) is 3.11. The van der Waals surface area contributed by atoms with Crippen LogP contribution in [0.2, 0.25) is 0 Å². The van der Waals surface area contributed by atoms with E-state index < -0.39 is 0 Å². The van der Waals surface area contributed by atoms with Crippen molar-refractivity contribution in [1.29, 1.82) is 5.26 Å². The van der Waals surface area contributed by atoms with Crippen molar-refractivity contribution in [3.63, 3.8) is 0 Å². The van der Waals surface area contributed by atoms with Crippen molar-refractivity contribution in [2.45, 2.75) is 13.8 Å². The van der Waals surface area contributed by atoms with Gasteiger partial charge in [0.25, 0.3) is 0 Å². The molecular weight excluding hydrogens is 381 g/mol. The number of isothiocyanates is 1. The van der Waals surface area contributed by atoms with Gasteiger partial charge in [-0.25, -0.2) is 4.40 Å². The van der Waals surface area contributed by atoms with Gasteiger partial charge < -0.3 is 4.98 Å². The van der Waals surface area contributed by atoms with Crippen LogP contribution in [-0.2, 0) is 13.1 Å². The summed E-state index contributed by atoms with van der Waals surface area (Å²) in [6.45, 7) is 3.63. The van der Waals surface area contributed by atoms with Crippen LogP contribution >= 0.6 is 44.4 Å². The van der Waals surface area contributed by atoms with Gasteiger partial charge in [-0.2, -0.15) is 5.26 Å². The molecule has 0 aliphatic heterocycles. The van der Waals surface area contributed by atoms with Crippen molar-refractivity contribution in [3.8, 4) is 5.40 Å². The Balaban J connectivity index is 0.00000110. The zero-order chi connectivity index (χ0) is 15.4. The maximum absolute atomic E-state index is 8.40. The van der Waals surface area contributed by atoms with Crippen LogP contribution in [0.1, 0.15) is 25.2 Å². The van der Waals surface area contributed by atoms with E-state index in [4.69, 9.17) is 25.5 Å². The van der Waals surface area contributed by atoms with Gasteiger partial charge >= 0.3 is 33.3 Å². The van der Waals surface area contributed by atoms with Crippen LogP contribution in [0.15, 0.2) is 26.7 Å². The van der Waals surface area contributed by atoms with Crippen molar-refractivity contribution in [3.05, 3.63) is 23.5 Å². The molecule has 0 aliphatic rings. The first-order valence-corrected chi connectivity index (χ1v) is 9.08. The molecule has 0 bridgehead atoms. The first kappa shape index (κ1) is 19.4. The molecule has 1 aromatic heterocycles. The predicted octanol–water partition coefficient (Wildman–Crippen LogP) is 4.16. The molecule has 1 N–H and O–H groups in total. The number of aromatic amines is 1. The van der Waals surface area contributed by atoms with Gasteiger partial charge in [0.2, 0.25) is 0 Å². The Kier molecular flexibility index (Phi) is 11.7. The number of halogens is 2. The number of nitrogens with one attached hydrogen (secondary N) is 1. The second-order valence-corrected chi connectivity index (χ2v) is 5.63. The van der Waals surface area contributed by atoms with Gasteiger partial charge in [0.1, 0.15) is 0 Å². The molecule has 0 aliphatic carbocycles. The molecule has 20 heavy (non-hydrogen) atoms. The molecule has 0 atom stereocenters. The molecule has 0 spiro atoms. The van der Waals surface area contributed by atoms with E-state index in [0.29, 0.717) is 5.71 Å². The summed E-state index contributed by atoms with van der Waals surface area (Å²) < 4.78 is 4.00. The van der Waals surface area contributed by atoms with Gasteiger partial charge in [0.15, 0.2) is 5.40 Å². The zero-order valence-corrected chi connectivity index (χ0v) is 14.6. The van der Waals surface area contributed by atoms with Crippen LogP contribution < -0.4 is 0 Å². The number of thiocyanates is 1. The first-order chi connectivity index (χ1) is 9.60. The number of nitriles is 1. The van der Waals surface area contributed by atoms with Crippen LogP contribution in [0.3, 0.4) is 0 Å². The number of hydrogen-bond donors (Lipinski definition) is 1. The maximum atomic E-state index is 8.40. The topological polar surface area (TPSA) is 76.7 Å². The molecule has 0 aromatic carbocycles. The molecule has 1 heterocycles. The summed E-state index contributed by atoms with van der Waals surface area (Å²) in [6.07, 6.45) is 0. The average molecular weight is 390 g/mol. The number of hydrogen-bond acceptors (Lipinski definition) is 6. The monoisotopic (exact) mass is 389 g/mol. The molecular formula is C10H9Cl2FeN5S2. The summed E-state index contributed by atoms with van der Waals surface area (Å²) in [7, 11) is 9.53. The number of H-pyrrole nitrogens is 1. The van der Waals surface area contributed by atoms with E-state index in [1.54, 1.807) is 0 Å². The molecule has 0 saturated carbocycles. The Hall–Kier alpha value is -0.641. The molecule has 1 rings (SSSR count). The third-order valence-corrected chi connectivity index (χ3v) is 2.46. The van der Waals surface area contributed by atoms with E-state index in [1.165, 1.54) is 0 Å². The van der Waals surface area contributed by atoms with E-state index in [-0.39, 0.29) is 13.1 Å². The zero-order valence-electron chi connectivity index (χ0n) is 10.4. The normalized spacial score (nSPS) is 11.2. The Labute approximate surface area is 141 Å². The molecule has 0 radical (unpaired) electrons. The van der Waals surface area contributed by atoms with Crippen molar-refractivity contribution in [2.75, 3.05) is 0 Å². The SMILES string of the molecule is C/C(=N\N=C=S)c1ccc(/C(C)=N/SC#N)[nH]1.[Cl][Fe][Cl]. The van der Waals surface area contributed by atoms with Gasteiger partial charge in [-0.15, -0.1) is 5.10 Å². The third kappa shape index (κ3) is 7.83. The molecule has 10 heteroatoms. The second kappa shape index (κ2) is 12.1. The van der Waals surface area contributed by atoms with E-state index >= 15 is 0 Å². The third-order valence-electron chi connectivity index (χ3n) is 1.93. The molecule has 0 fully saturated rings. The fourth-order valence-electron chi connectivity index (χ4n) is 1.10. The van der Waals surface area contributed by atoms with Gasteiger partial charge in [-0.3, -0.25) is 0 Å². The average Bonchev–Trinajstić information content (AvgIpc) is 2.93. The van der Waals surface area contributed by atoms with Gasteiger partial charge in [0, 0.05) is 0 Å². The number of nitrogens with zero attached hydrogens (tertiary/aromatic N) is 4. The quantitative estimate of drug-likeness (QED) is 0.210. The van der Waals surface area contributed by atoms with Crippen molar-refractivity contribution >= 4 is 60.9 Å². The number of aromatic nitrogens is 1. The Bertz CT molecular complexity index is 572. The summed E-state index contributed by atoms with van der Waals surface area (Å²) in [5.74, 6) is 0. The molecule has 0 amide bonds. The second-order valence-electron chi connectivity index (χ2n) is 3.07. The Morgan fingerprint density at radius 1 is 1.35 bits per heavy atom. The standard InChI is InChI=1S/C10H9N5S2.2ClH.Fe/c1-7(14-12-6-16)9-3-4-10(13-9)8(2)15-17-5-11;;;/h3-4,13H,1-2H3;2*1H;/q;;;+2/p-2/b14-7+,15-8+;;;. The Morgan fingerprint density at radius 3 is 2.40 bits per heavy atom. The van der Waals surface area contributed by atoms with Crippen LogP contribution in [0.5, 0.6) is 0 Å². The number of thiocarbonyl (C=S) groups is 1. The van der Waals surface area contributed by atoms with E-state index in [0.717, 1.165) is 29.0 Å². The van der Waals surface area contributed by atoms with Gasteiger partial charge in [-0.1, -0.05) is 5.10 Å². The first-order valence-electron chi connectivity index (χ1n) is 4.86. The van der Waals surface area contributed by atoms with Gasteiger partial charge in [0.05, 0.1) is 39.9 Å². The fourth-order valence-corrected chi connectivity index (χ4v) is 1.42. The fraction of sp³-hybridized carbons (Fsp3) is 0.200. The number of rotatable bonds is 4. The van der Waals surface area contributed by atoms with Gasteiger partial charge in [-0.05, 0) is 38.2 Å². The van der Waals surface area contributed by atoms with E-state index in [9.17, 15) is 0 Å². The van der Waals surface area contributed by atoms with Crippen molar-refractivity contribution < 1.29 is 13.1 Å².